The molecule has 0 radical (unpaired) electrons. The molecule has 0 heterocycles. The summed E-state index contributed by atoms with van der Waals surface area (Å²) in [6.07, 6.45) is 5.26. The minimum Gasteiger partial charge on any atom is -0.381 e. The molecular formula is C12H21N. The molecule has 1 saturated carbocycles. The number of hydrogen-bond donors (Lipinski definition) is 0. The lowest BCUT2D eigenvalue weighted by Gasteiger charge is -2.39. The third-order valence-electron chi connectivity index (χ3n) is 4.71. The maximum Gasteiger partial charge on any atom is 0.0156 e. The first-order valence-corrected chi connectivity index (χ1v) is 5.29. The second-order valence-corrected chi connectivity index (χ2v) is 5.65. The van der Waals surface area contributed by atoms with Gasteiger partial charge in [-0.1, -0.05) is 26.8 Å². The number of fused-ring (bicyclic) bond motifs is 2. The van der Waals surface area contributed by atoms with Crippen LogP contribution in [0.15, 0.2) is 11.8 Å². The van der Waals surface area contributed by atoms with Gasteiger partial charge in [-0.05, 0) is 24.2 Å². The van der Waals surface area contributed by atoms with Crippen molar-refractivity contribution < 1.29 is 0 Å². The number of hydrogen-bond acceptors (Lipinski definition) is 1. The Morgan fingerprint density at radius 3 is 2.15 bits per heavy atom. The maximum atomic E-state index is 2.50. The maximum absolute atomic E-state index is 2.50. The molecule has 2 rings (SSSR count). The van der Waals surface area contributed by atoms with E-state index in [2.05, 4.69) is 45.8 Å². The van der Waals surface area contributed by atoms with Gasteiger partial charge in [0.1, 0.15) is 0 Å². The van der Waals surface area contributed by atoms with Gasteiger partial charge in [0.15, 0.2) is 0 Å². The van der Waals surface area contributed by atoms with E-state index < -0.39 is 0 Å². The predicted octanol–water partition coefficient (Wildman–Crippen LogP) is 2.89. The minimum atomic E-state index is 0.432. The molecule has 2 atom stereocenters. The fourth-order valence-electron chi connectivity index (χ4n) is 3.30. The Balaban J connectivity index is 2.43. The molecule has 2 aliphatic carbocycles. The summed E-state index contributed by atoms with van der Waals surface area (Å²) in [5.74, 6) is 0.815. The average molecular weight is 179 g/mol. The minimum absolute atomic E-state index is 0.432. The third kappa shape index (κ3) is 0.880. The van der Waals surface area contributed by atoms with Gasteiger partial charge in [-0.25, -0.2) is 0 Å². The topological polar surface area (TPSA) is 3.24 Å². The number of allylic oxidation sites excluding steroid dienone is 2. The predicted molar refractivity (Wildman–Crippen MR) is 56.4 cm³/mol. The molecule has 0 aromatic carbocycles. The second-order valence-electron chi connectivity index (χ2n) is 5.65. The van der Waals surface area contributed by atoms with Gasteiger partial charge < -0.3 is 4.90 Å². The normalized spacial score (nSPS) is 40.7. The summed E-state index contributed by atoms with van der Waals surface area (Å²) < 4.78 is 0. The van der Waals surface area contributed by atoms with Crippen molar-refractivity contribution in [3.8, 4) is 0 Å². The van der Waals surface area contributed by atoms with Crippen molar-refractivity contribution in [2.24, 2.45) is 16.7 Å². The summed E-state index contributed by atoms with van der Waals surface area (Å²) in [5.41, 5.74) is 2.47. The van der Waals surface area contributed by atoms with Crippen molar-refractivity contribution in [2.45, 2.75) is 33.6 Å². The first-order valence-electron chi connectivity index (χ1n) is 5.29. The standard InChI is InChI=1S/C12H21N/c1-11(2)9-6-7-12(11,3)10(8-9)13(4)5/h8-9H,6-7H2,1-5H3/t9-,12+/m1/s1. The first kappa shape index (κ1) is 9.11. The lowest BCUT2D eigenvalue weighted by atomic mass is 9.69. The third-order valence-corrected chi connectivity index (χ3v) is 4.71. The van der Waals surface area contributed by atoms with Crippen molar-refractivity contribution >= 4 is 0 Å². The Morgan fingerprint density at radius 1 is 1.31 bits per heavy atom. The zero-order valence-corrected chi connectivity index (χ0v) is 9.52. The van der Waals surface area contributed by atoms with Gasteiger partial charge in [-0.2, -0.15) is 0 Å². The molecule has 0 saturated heterocycles. The van der Waals surface area contributed by atoms with E-state index in [1.807, 2.05) is 0 Å². The van der Waals surface area contributed by atoms with Crippen LogP contribution in [-0.2, 0) is 0 Å². The van der Waals surface area contributed by atoms with Crippen LogP contribution in [0.4, 0.5) is 0 Å². The Labute approximate surface area is 81.8 Å². The summed E-state index contributed by atoms with van der Waals surface area (Å²) in [5, 5.41) is 0. The molecule has 1 nitrogen and oxygen atoms in total. The SMILES string of the molecule is CN(C)C1=C[C@H]2CC[C@]1(C)C2(C)C. The van der Waals surface area contributed by atoms with Gasteiger partial charge in [-0.15, -0.1) is 0 Å². The van der Waals surface area contributed by atoms with Gasteiger partial charge in [0, 0.05) is 25.2 Å². The van der Waals surface area contributed by atoms with E-state index in [-0.39, 0.29) is 0 Å². The van der Waals surface area contributed by atoms with Gasteiger partial charge in [-0.3, -0.25) is 0 Å². The molecule has 0 amide bonds. The van der Waals surface area contributed by atoms with Crippen LogP contribution in [-0.4, -0.2) is 19.0 Å². The second kappa shape index (κ2) is 2.31. The highest BCUT2D eigenvalue weighted by Crippen LogP contribution is 2.65. The summed E-state index contributed by atoms with van der Waals surface area (Å²) in [7, 11) is 4.35. The van der Waals surface area contributed by atoms with Crippen LogP contribution in [0, 0.1) is 16.7 Å². The molecule has 13 heavy (non-hydrogen) atoms. The van der Waals surface area contributed by atoms with Gasteiger partial charge in [0.25, 0.3) is 0 Å². The Hall–Kier alpha value is -0.460. The first-order chi connectivity index (χ1) is 5.89. The monoisotopic (exact) mass is 179 g/mol. The summed E-state index contributed by atoms with van der Waals surface area (Å²) in [6, 6.07) is 0. The molecule has 0 aromatic rings. The van der Waals surface area contributed by atoms with Crippen molar-refractivity contribution in [1.29, 1.82) is 0 Å². The van der Waals surface area contributed by atoms with Crippen molar-refractivity contribution in [3.63, 3.8) is 0 Å². The number of rotatable bonds is 1. The van der Waals surface area contributed by atoms with E-state index in [9.17, 15) is 0 Å². The highest BCUT2D eigenvalue weighted by atomic mass is 15.1. The van der Waals surface area contributed by atoms with E-state index in [0.717, 1.165) is 5.92 Å². The molecule has 0 N–H and O–H groups in total. The Morgan fingerprint density at radius 2 is 1.92 bits per heavy atom. The van der Waals surface area contributed by atoms with Crippen LogP contribution in [0.3, 0.4) is 0 Å². The van der Waals surface area contributed by atoms with Crippen molar-refractivity contribution in [1.82, 2.24) is 4.90 Å². The van der Waals surface area contributed by atoms with Crippen molar-refractivity contribution in [2.75, 3.05) is 14.1 Å². The van der Waals surface area contributed by atoms with E-state index in [4.69, 9.17) is 0 Å². The van der Waals surface area contributed by atoms with Crippen molar-refractivity contribution in [3.05, 3.63) is 11.8 Å². The van der Waals surface area contributed by atoms with E-state index in [0.29, 0.717) is 10.8 Å². The lowest BCUT2D eigenvalue weighted by molar-refractivity contribution is 0.146. The van der Waals surface area contributed by atoms with E-state index in [1.165, 1.54) is 12.8 Å². The van der Waals surface area contributed by atoms with E-state index >= 15 is 0 Å². The smallest absolute Gasteiger partial charge is 0.0156 e. The molecule has 1 fully saturated rings. The van der Waals surface area contributed by atoms with Gasteiger partial charge in [0.05, 0.1) is 0 Å². The van der Waals surface area contributed by atoms with Gasteiger partial charge >= 0.3 is 0 Å². The van der Waals surface area contributed by atoms with Crippen LogP contribution in [0.1, 0.15) is 33.6 Å². The van der Waals surface area contributed by atoms with Crippen LogP contribution in [0.25, 0.3) is 0 Å². The molecule has 1 heteroatoms. The number of nitrogens with zero attached hydrogens (tertiary/aromatic N) is 1. The fraction of sp³-hybridized carbons (Fsp3) is 0.833. The van der Waals surface area contributed by atoms with E-state index in [1.54, 1.807) is 5.70 Å². The fourth-order valence-corrected chi connectivity index (χ4v) is 3.30. The molecule has 2 bridgehead atoms. The Bertz CT molecular complexity index is 262. The Kier molecular flexibility index (Phi) is 1.62. The molecule has 0 aromatic heterocycles. The highest BCUT2D eigenvalue weighted by Gasteiger charge is 2.57. The molecule has 2 aliphatic rings. The summed E-state index contributed by atoms with van der Waals surface area (Å²) in [4.78, 5) is 2.31. The highest BCUT2D eigenvalue weighted by molar-refractivity contribution is 5.30. The summed E-state index contributed by atoms with van der Waals surface area (Å²) in [6.45, 7) is 7.29. The van der Waals surface area contributed by atoms with Crippen LogP contribution < -0.4 is 0 Å². The quantitative estimate of drug-likeness (QED) is 0.598. The molecule has 0 aliphatic heterocycles. The molecule has 0 spiro atoms. The lowest BCUT2D eigenvalue weighted by Crippen LogP contribution is -2.34. The molecule has 0 unspecified atom stereocenters. The zero-order chi connectivity index (χ0) is 9.85. The molecular weight excluding hydrogens is 158 g/mol. The molecule has 74 valence electrons. The largest absolute Gasteiger partial charge is 0.381 e. The van der Waals surface area contributed by atoms with Gasteiger partial charge in [0.2, 0.25) is 0 Å². The van der Waals surface area contributed by atoms with Crippen LogP contribution >= 0.6 is 0 Å². The van der Waals surface area contributed by atoms with Crippen LogP contribution in [0.5, 0.6) is 0 Å². The van der Waals surface area contributed by atoms with Crippen LogP contribution in [0.2, 0.25) is 0 Å². The summed E-state index contributed by atoms with van der Waals surface area (Å²) >= 11 is 0. The average Bonchev–Trinajstić information content (AvgIpc) is 2.34. The zero-order valence-electron chi connectivity index (χ0n) is 9.52.